The minimum Gasteiger partial charge on any atom is -0.398 e. The molecule has 5 N–H and O–H groups in total. The van der Waals surface area contributed by atoms with Gasteiger partial charge in [0.1, 0.15) is 0 Å². The minimum absolute atomic E-state index is 0.439. The molecule has 0 radical (unpaired) electrons. The number of amidine groups is 1. The molecule has 0 spiro atoms. The van der Waals surface area contributed by atoms with Crippen molar-refractivity contribution < 1.29 is 0 Å². The van der Waals surface area contributed by atoms with Crippen molar-refractivity contribution in [3.63, 3.8) is 0 Å². The minimum atomic E-state index is 0.439. The van der Waals surface area contributed by atoms with Gasteiger partial charge in [-0.1, -0.05) is 115 Å². The van der Waals surface area contributed by atoms with E-state index in [-0.39, 0.29) is 0 Å². The smallest absolute Gasteiger partial charge is 0.150 e. The Labute approximate surface area is 206 Å². The number of aliphatic imine (C=N–C) groups is 1. The van der Waals surface area contributed by atoms with Crippen molar-refractivity contribution in [2.24, 2.45) is 21.6 Å². The van der Waals surface area contributed by atoms with E-state index < -0.39 is 0 Å². The van der Waals surface area contributed by atoms with Crippen molar-refractivity contribution in [1.82, 2.24) is 5.43 Å². The van der Waals surface area contributed by atoms with E-state index in [2.05, 4.69) is 34.8 Å². The van der Waals surface area contributed by atoms with E-state index in [1.165, 1.54) is 0 Å². The fourth-order valence-electron chi connectivity index (χ4n) is 3.64. The zero-order valence-corrected chi connectivity index (χ0v) is 19.5. The van der Waals surface area contributed by atoms with Crippen LogP contribution in [-0.4, -0.2) is 11.5 Å². The molecule has 0 aromatic heterocycles. The van der Waals surface area contributed by atoms with Crippen LogP contribution in [0.4, 0.5) is 0 Å². The van der Waals surface area contributed by atoms with Gasteiger partial charge in [0, 0.05) is 16.8 Å². The number of benzene rings is 4. The predicted molar refractivity (Wildman–Crippen MR) is 146 cm³/mol. The van der Waals surface area contributed by atoms with Crippen LogP contribution < -0.4 is 16.9 Å². The Hall–Kier alpha value is -4.64. The molecule has 4 aromatic carbocycles. The number of hydrogen-bond acceptors (Lipinski definition) is 4. The van der Waals surface area contributed by atoms with Crippen molar-refractivity contribution in [3.8, 4) is 0 Å². The summed E-state index contributed by atoms with van der Waals surface area (Å²) in [5.74, 6) is 0.439. The first-order chi connectivity index (χ1) is 17.2. The third kappa shape index (κ3) is 6.68. The molecule has 0 saturated heterocycles. The fraction of sp³-hybridized carbons (Fsp3) is 0.0667. The maximum Gasteiger partial charge on any atom is 0.150 e. The normalized spacial score (nSPS) is 12.4. The van der Waals surface area contributed by atoms with Gasteiger partial charge in [-0.2, -0.15) is 5.10 Å². The third-order valence-corrected chi connectivity index (χ3v) is 5.51. The molecule has 0 unspecified atom stereocenters. The highest BCUT2D eigenvalue weighted by Crippen LogP contribution is 2.16. The summed E-state index contributed by atoms with van der Waals surface area (Å²) in [5.41, 5.74) is 22.2. The van der Waals surface area contributed by atoms with Crippen molar-refractivity contribution in [2.75, 3.05) is 0 Å². The second-order valence-corrected chi connectivity index (χ2v) is 8.01. The van der Waals surface area contributed by atoms with E-state index in [4.69, 9.17) is 16.5 Å². The quantitative estimate of drug-likeness (QED) is 0.185. The lowest BCUT2D eigenvalue weighted by Crippen LogP contribution is -2.19. The molecule has 0 heterocycles. The summed E-state index contributed by atoms with van der Waals surface area (Å²) in [7, 11) is 0. The molecule has 4 aromatic rings. The Morgan fingerprint density at radius 3 is 1.94 bits per heavy atom. The number of hydrogen-bond donors (Lipinski definition) is 3. The number of nitrogens with two attached hydrogens (primary N) is 2. The fourth-order valence-corrected chi connectivity index (χ4v) is 3.64. The third-order valence-electron chi connectivity index (χ3n) is 5.51. The molecule has 0 amide bonds. The van der Waals surface area contributed by atoms with Gasteiger partial charge >= 0.3 is 0 Å². The molecular weight excluding hydrogens is 430 g/mol. The van der Waals surface area contributed by atoms with Gasteiger partial charge in [-0.25, -0.2) is 0 Å². The standard InChI is InChI=1S/C30H29N5/c31-28(24-14-6-2-7-15-24)20-29(33-21-23-12-4-1-5-13-23)27-19-11-10-18-26(27)22-34-35-30(32)25-16-8-3-9-17-25/h1-20,34H,21-22,31H2,(H2,32,35)/b28-20-,33-29+. The van der Waals surface area contributed by atoms with Gasteiger partial charge in [0.15, 0.2) is 5.84 Å². The Balaban J connectivity index is 1.63. The Morgan fingerprint density at radius 1 is 0.686 bits per heavy atom. The average Bonchev–Trinajstić information content (AvgIpc) is 2.93. The van der Waals surface area contributed by atoms with Gasteiger partial charge in [0.05, 0.1) is 18.8 Å². The maximum absolute atomic E-state index is 6.48. The first-order valence-electron chi connectivity index (χ1n) is 11.5. The van der Waals surface area contributed by atoms with Crippen LogP contribution in [0.3, 0.4) is 0 Å². The summed E-state index contributed by atoms with van der Waals surface area (Å²) in [4.78, 5) is 4.95. The van der Waals surface area contributed by atoms with Crippen LogP contribution in [0.2, 0.25) is 0 Å². The van der Waals surface area contributed by atoms with E-state index in [1.807, 2.05) is 97.1 Å². The molecule has 0 aliphatic heterocycles. The molecule has 0 atom stereocenters. The van der Waals surface area contributed by atoms with Crippen LogP contribution in [0.5, 0.6) is 0 Å². The zero-order chi connectivity index (χ0) is 24.3. The highest BCUT2D eigenvalue weighted by molar-refractivity contribution is 6.12. The van der Waals surface area contributed by atoms with Crippen LogP contribution in [-0.2, 0) is 13.1 Å². The summed E-state index contributed by atoms with van der Waals surface area (Å²) < 4.78 is 0. The summed E-state index contributed by atoms with van der Waals surface area (Å²) in [6.45, 7) is 1.04. The van der Waals surface area contributed by atoms with E-state index in [0.29, 0.717) is 24.6 Å². The van der Waals surface area contributed by atoms with Gasteiger partial charge in [-0.05, 0) is 22.8 Å². The molecule has 35 heavy (non-hydrogen) atoms. The Morgan fingerprint density at radius 2 is 1.26 bits per heavy atom. The topological polar surface area (TPSA) is 88.8 Å². The lowest BCUT2D eigenvalue weighted by Gasteiger charge is -2.12. The highest BCUT2D eigenvalue weighted by atomic mass is 15.3. The second-order valence-electron chi connectivity index (χ2n) is 8.01. The van der Waals surface area contributed by atoms with E-state index in [1.54, 1.807) is 0 Å². The number of nitrogens with one attached hydrogen (secondary N) is 1. The summed E-state index contributed by atoms with van der Waals surface area (Å²) in [6.07, 6.45) is 1.94. The summed E-state index contributed by atoms with van der Waals surface area (Å²) in [6, 6.07) is 37.9. The van der Waals surface area contributed by atoms with Crippen molar-refractivity contribution in [3.05, 3.63) is 149 Å². The summed E-state index contributed by atoms with van der Waals surface area (Å²) >= 11 is 0. The number of nitrogens with zero attached hydrogens (tertiary/aromatic N) is 2. The molecule has 0 fully saturated rings. The van der Waals surface area contributed by atoms with Crippen molar-refractivity contribution >= 4 is 17.2 Å². The van der Waals surface area contributed by atoms with Gasteiger partial charge < -0.3 is 16.9 Å². The molecule has 5 heteroatoms. The molecule has 4 rings (SSSR count). The van der Waals surface area contributed by atoms with Gasteiger partial charge in [-0.15, -0.1) is 0 Å². The van der Waals surface area contributed by atoms with Gasteiger partial charge in [0.2, 0.25) is 0 Å². The van der Waals surface area contributed by atoms with Gasteiger partial charge in [0.25, 0.3) is 0 Å². The highest BCUT2D eigenvalue weighted by Gasteiger charge is 2.09. The van der Waals surface area contributed by atoms with Crippen LogP contribution >= 0.6 is 0 Å². The molecule has 174 valence electrons. The second kappa shape index (κ2) is 12.0. The largest absolute Gasteiger partial charge is 0.398 e. The lowest BCUT2D eigenvalue weighted by atomic mass is 10.0. The van der Waals surface area contributed by atoms with Crippen LogP contribution in [0.15, 0.2) is 131 Å². The van der Waals surface area contributed by atoms with E-state index in [9.17, 15) is 0 Å². The van der Waals surface area contributed by atoms with Crippen LogP contribution in [0, 0.1) is 0 Å². The zero-order valence-electron chi connectivity index (χ0n) is 19.5. The molecule has 0 aliphatic carbocycles. The molecule has 0 saturated carbocycles. The van der Waals surface area contributed by atoms with E-state index >= 15 is 0 Å². The monoisotopic (exact) mass is 459 g/mol. The molecule has 5 nitrogen and oxygen atoms in total. The van der Waals surface area contributed by atoms with Gasteiger partial charge in [-0.3, -0.25) is 4.99 Å². The van der Waals surface area contributed by atoms with Crippen LogP contribution in [0.1, 0.15) is 27.8 Å². The number of allylic oxidation sites excluding steroid dienone is 1. The first kappa shape index (κ1) is 23.5. The van der Waals surface area contributed by atoms with Crippen molar-refractivity contribution in [2.45, 2.75) is 13.1 Å². The van der Waals surface area contributed by atoms with Crippen molar-refractivity contribution in [1.29, 1.82) is 0 Å². The first-order valence-corrected chi connectivity index (χ1v) is 11.5. The Bertz CT molecular complexity index is 1310. The number of rotatable bonds is 9. The maximum atomic E-state index is 6.48. The molecule has 0 aliphatic rings. The SMILES string of the molecule is N/C(=C\C(=N/Cc1ccccc1)c1ccccc1CN/N=C(\N)c1ccccc1)c1ccccc1. The van der Waals surface area contributed by atoms with E-state index in [0.717, 1.165) is 33.5 Å². The van der Waals surface area contributed by atoms with Crippen LogP contribution in [0.25, 0.3) is 5.70 Å². The average molecular weight is 460 g/mol. The Kier molecular flexibility index (Phi) is 8.06. The number of hydrazone groups is 1. The lowest BCUT2D eigenvalue weighted by molar-refractivity contribution is 0.742. The molecular formula is C30H29N5. The summed E-state index contributed by atoms with van der Waals surface area (Å²) in [5, 5.41) is 4.36. The predicted octanol–water partition coefficient (Wildman–Crippen LogP) is 5.09. The molecule has 0 bridgehead atoms.